The van der Waals surface area contributed by atoms with Crippen molar-refractivity contribution in [2.24, 2.45) is 5.10 Å². The number of halogens is 1. The van der Waals surface area contributed by atoms with Gasteiger partial charge in [-0.15, -0.1) is 0 Å². The highest BCUT2D eigenvalue weighted by molar-refractivity contribution is 5.94. The van der Waals surface area contributed by atoms with Crippen LogP contribution in [0.2, 0.25) is 0 Å². The van der Waals surface area contributed by atoms with Crippen LogP contribution in [-0.2, 0) is 0 Å². The molecule has 20 heavy (non-hydrogen) atoms. The Hall–Kier alpha value is -2.49. The van der Waals surface area contributed by atoms with Crippen LogP contribution in [0.1, 0.15) is 28.8 Å². The second-order valence-electron chi connectivity index (χ2n) is 4.40. The van der Waals surface area contributed by atoms with E-state index in [-0.39, 0.29) is 11.5 Å². The van der Waals surface area contributed by atoms with Crippen LogP contribution < -0.4 is 5.43 Å². The lowest BCUT2D eigenvalue weighted by Crippen LogP contribution is -2.19. The lowest BCUT2D eigenvalue weighted by atomic mass is 10.0. The van der Waals surface area contributed by atoms with Gasteiger partial charge in [0.15, 0.2) is 0 Å². The first kappa shape index (κ1) is 13.9. The highest BCUT2D eigenvalue weighted by atomic mass is 19.1. The number of nitrogens with zero attached hydrogens (tertiary/aromatic N) is 1. The van der Waals surface area contributed by atoms with Crippen LogP contribution >= 0.6 is 0 Å². The molecule has 4 heteroatoms. The third-order valence-electron chi connectivity index (χ3n) is 2.91. The zero-order chi connectivity index (χ0) is 14.4. The first-order chi connectivity index (χ1) is 9.68. The first-order valence-electron chi connectivity index (χ1n) is 6.31. The molecule has 0 saturated carbocycles. The molecular formula is C16H15FN2O. The van der Waals surface area contributed by atoms with Gasteiger partial charge < -0.3 is 0 Å². The molecule has 0 aliphatic rings. The number of rotatable bonds is 4. The Bertz CT molecular complexity index is 611. The van der Waals surface area contributed by atoms with E-state index < -0.39 is 11.7 Å². The summed E-state index contributed by atoms with van der Waals surface area (Å²) in [6.07, 6.45) is 1.62. The summed E-state index contributed by atoms with van der Waals surface area (Å²) in [6, 6.07) is 15.6. The van der Waals surface area contributed by atoms with Gasteiger partial charge >= 0.3 is 0 Å². The van der Waals surface area contributed by atoms with Gasteiger partial charge in [-0.05, 0) is 17.7 Å². The molecule has 0 aliphatic heterocycles. The van der Waals surface area contributed by atoms with Crippen molar-refractivity contribution in [1.82, 2.24) is 5.43 Å². The fourth-order valence-corrected chi connectivity index (χ4v) is 1.76. The highest BCUT2D eigenvalue weighted by Crippen LogP contribution is 2.11. The van der Waals surface area contributed by atoms with Crippen LogP contribution in [-0.4, -0.2) is 12.1 Å². The third-order valence-corrected chi connectivity index (χ3v) is 2.91. The first-order valence-corrected chi connectivity index (χ1v) is 6.31. The predicted molar refractivity (Wildman–Crippen MR) is 77.2 cm³/mol. The van der Waals surface area contributed by atoms with Crippen molar-refractivity contribution in [3.05, 3.63) is 71.5 Å². The number of nitrogens with one attached hydrogen (secondary N) is 1. The van der Waals surface area contributed by atoms with Gasteiger partial charge in [0.2, 0.25) is 0 Å². The van der Waals surface area contributed by atoms with Crippen LogP contribution in [0.3, 0.4) is 0 Å². The summed E-state index contributed by atoms with van der Waals surface area (Å²) in [5, 5.41) is 3.87. The molecule has 2 aromatic carbocycles. The summed E-state index contributed by atoms with van der Waals surface area (Å²) in [6.45, 7) is 1.97. The van der Waals surface area contributed by atoms with E-state index in [0.29, 0.717) is 0 Å². The van der Waals surface area contributed by atoms with Crippen molar-refractivity contribution in [2.75, 3.05) is 0 Å². The SMILES string of the molecule is CC(C=NNC(=O)c1ccccc1F)c1ccccc1. The Labute approximate surface area is 117 Å². The monoisotopic (exact) mass is 270 g/mol. The van der Waals surface area contributed by atoms with Gasteiger partial charge in [0, 0.05) is 12.1 Å². The summed E-state index contributed by atoms with van der Waals surface area (Å²) in [4.78, 5) is 11.7. The van der Waals surface area contributed by atoms with Crippen molar-refractivity contribution in [1.29, 1.82) is 0 Å². The van der Waals surface area contributed by atoms with E-state index in [1.807, 2.05) is 37.3 Å². The molecule has 0 spiro atoms. The van der Waals surface area contributed by atoms with Crippen LogP contribution in [0, 0.1) is 5.82 Å². The van der Waals surface area contributed by atoms with Gasteiger partial charge in [-0.2, -0.15) is 5.10 Å². The van der Waals surface area contributed by atoms with E-state index >= 15 is 0 Å². The van der Waals surface area contributed by atoms with Crippen LogP contribution in [0.15, 0.2) is 59.7 Å². The van der Waals surface area contributed by atoms with Crippen LogP contribution in [0.5, 0.6) is 0 Å². The van der Waals surface area contributed by atoms with Crippen molar-refractivity contribution in [3.63, 3.8) is 0 Å². The maximum Gasteiger partial charge on any atom is 0.274 e. The Morgan fingerprint density at radius 1 is 1.15 bits per heavy atom. The van der Waals surface area contributed by atoms with E-state index in [0.717, 1.165) is 5.56 Å². The Morgan fingerprint density at radius 2 is 1.80 bits per heavy atom. The molecule has 2 aromatic rings. The molecule has 1 atom stereocenters. The molecule has 3 nitrogen and oxygen atoms in total. The van der Waals surface area contributed by atoms with Crippen molar-refractivity contribution < 1.29 is 9.18 Å². The molecule has 102 valence electrons. The number of amides is 1. The molecule has 1 amide bonds. The number of hydrogen-bond donors (Lipinski definition) is 1. The van der Waals surface area contributed by atoms with Gasteiger partial charge in [-0.3, -0.25) is 4.79 Å². The van der Waals surface area contributed by atoms with E-state index in [1.54, 1.807) is 12.3 Å². The van der Waals surface area contributed by atoms with E-state index in [2.05, 4.69) is 10.5 Å². The van der Waals surface area contributed by atoms with E-state index in [1.165, 1.54) is 18.2 Å². The minimum Gasteiger partial charge on any atom is -0.267 e. The maximum atomic E-state index is 13.4. The molecule has 0 radical (unpaired) electrons. The topological polar surface area (TPSA) is 41.5 Å². The third kappa shape index (κ3) is 3.51. The lowest BCUT2D eigenvalue weighted by Gasteiger charge is -2.05. The van der Waals surface area contributed by atoms with E-state index in [9.17, 15) is 9.18 Å². The fraction of sp³-hybridized carbons (Fsp3) is 0.125. The summed E-state index contributed by atoms with van der Waals surface area (Å²) < 4.78 is 13.4. The molecule has 1 unspecified atom stereocenters. The minimum absolute atomic E-state index is 0.0167. The zero-order valence-electron chi connectivity index (χ0n) is 11.1. The summed E-state index contributed by atoms with van der Waals surface area (Å²) in [7, 11) is 0. The van der Waals surface area contributed by atoms with Crippen molar-refractivity contribution in [3.8, 4) is 0 Å². The largest absolute Gasteiger partial charge is 0.274 e. The molecule has 2 rings (SSSR count). The number of hydrogen-bond acceptors (Lipinski definition) is 2. The highest BCUT2D eigenvalue weighted by Gasteiger charge is 2.09. The second-order valence-corrected chi connectivity index (χ2v) is 4.40. The smallest absolute Gasteiger partial charge is 0.267 e. The van der Waals surface area contributed by atoms with Gasteiger partial charge in [0.05, 0.1) is 5.56 Å². The molecule has 0 saturated heterocycles. The number of carbonyl (C=O) groups is 1. The number of benzene rings is 2. The summed E-state index contributed by atoms with van der Waals surface area (Å²) >= 11 is 0. The van der Waals surface area contributed by atoms with Crippen molar-refractivity contribution >= 4 is 12.1 Å². The average molecular weight is 270 g/mol. The quantitative estimate of drug-likeness (QED) is 0.672. The Kier molecular flexibility index (Phi) is 4.60. The lowest BCUT2D eigenvalue weighted by molar-refractivity contribution is 0.0951. The summed E-state index contributed by atoms with van der Waals surface area (Å²) in [5.41, 5.74) is 3.41. The number of carbonyl (C=O) groups excluding carboxylic acids is 1. The normalized spacial score (nSPS) is 12.3. The second kappa shape index (κ2) is 6.61. The van der Waals surface area contributed by atoms with Gasteiger partial charge in [-0.25, -0.2) is 9.82 Å². The molecular weight excluding hydrogens is 255 g/mol. The Morgan fingerprint density at radius 3 is 2.50 bits per heavy atom. The van der Waals surface area contributed by atoms with Gasteiger partial charge in [0.1, 0.15) is 5.82 Å². The van der Waals surface area contributed by atoms with Gasteiger partial charge in [-0.1, -0.05) is 49.4 Å². The molecule has 1 N–H and O–H groups in total. The van der Waals surface area contributed by atoms with Crippen LogP contribution in [0.25, 0.3) is 0 Å². The Balaban J connectivity index is 1.97. The number of hydrazone groups is 1. The molecule has 0 heterocycles. The predicted octanol–water partition coefficient (Wildman–Crippen LogP) is 3.35. The fourth-order valence-electron chi connectivity index (χ4n) is 1.76. The zero-order valence-corrected chi connectivity index (χ0v) is 11.1. The maximum absolute atomic E-state index is 13.4. The molecule has 0 fully saturated rings. The van der Waals surface area contributed by atoms with Gasteiger partial charge in [0.25, 0.3) is 5.91 Å². The molecule has 0 aliphatic carbocycles. The molecule has 0 bridgehead atoms. The van der Waals surface area contributed by atoms with Crippen molar-refractivity contribution in [2.45, 2.75) is 12.8 Å². The van der Waals surface area contributed by atoms with Crippen LogP contribution in [0.4, 0.5) is 4.39 Å². The minimum atomic E-state index is -0.559. The standard InChI is InChI=1S/C16H15FN2O/c1-12(13-7-3-2-4-8-13)11-18-19-16(20)14-9-5-6-10-15(14)17/h2-12H,1H3,(H,19,20). The average Bonchev–Trinajstić information content (AvgIpc) is 2.48. The molecule has 0 aromatic heterocycles. The van der Waals surface area contributed by atoms with E-state index in [4.69, 9.17) is 0 Å². The summed E-state index contributed by atoms with van der Waals surface area (Å²) in [5.74, 6) is -1.05.